The largest absolute Gasteiger partial charge is 0.342 e. The number of hydrogen-bond donors (Lipinski definition) is 0. The van der Waals surface area contributed by atoms with Crippen molar-refractivity contribution in [3.05, 3.63) is 35.9 Å². The second-order valence-corrected chi connectivity index (χ2v) is 4.16. The Morgan fingerprint density at radius 3 is 2.40 bits per heavy atom. The Labute approximate surface area is 90.9 Å². The Morgan fingerprint density at radius 2 is 1.80 bits per heavy atom. The maximum absolute atomic E-state index is 12.1. The summed E-state index contributed by atoms with van der Waals surface area (Å²) in [5, 5.41) is 0. The Kier molecular flexibility index (Phi) is 3.05. The first-order valence-corrected chi connectivity index (χ1v) is 5.63. The lowest BCUT2D eigenvalue weighted by molar-refractivity contribution is -0.131. The maximum atomic E-state index is 12.1. The van der Waals surface area contributed by atoms with Crippen molar-refractivity contribution < 1.29 is 4.79 Å². The first kappa shape index (κ1) is 10.2. The van der Waals surface area contributed by atoms with E-state index in [1.807, 2.05) is 42.2 Å². The van der Waals surface area contributed by atoms with Gasteiger partial charge in [0.2, 0.25) is 5.91 Å². The van der Waals surface area contributed by atoms with Crippen LogP contribution in [-0.4, -0.2) is 23.9 Å². The standard InChI is InChI=1S/C13H17NO/c1-11(12-7-3-2-4-8-12)13(15)14-9-5-6-10-14/h2-4,7-8,11H,5-6,9-10H2,1H3/i13-1. The zero-order valence-corrected chi connectivity index (χ0v) is 9.15. The number of hydrogen-bond acceptors (Lipinski definition) is 1. The fourth-order valence-corrected chi connectivity index (χ4v) is 2.10. The van der Waals surface area contributed by atoms with E-state index in [2.05, 4.69) is 0 Å². The molecule has 1 aliphatic rings. The highest BCUT2D eigenvalue weighted by molar-refractivity contribution is 5.83. The monoisotopic (exact) mass is 202 g/mol. The molecule has 2 heteroatoms. The van der Waals surface area contributed by atoms with Crippen LogP contribution in [0.3, 0.4) is 0 Å². The van der Waals surface area contributed by atoms with E-state index in [-0.39, 0.29) is 11.8 Å². The van der Waals surface area contributed by atoms with Crippen molar-refractivity contribution in [3.8, 4) is 0 Å². The van der Waals surface area contributed by atoms with Crippen LogP contribution in [0.4, 0.5) is 0 Å². The van der Waals surface area contributed by atoms with Gasteiger partial charge in [0.05, 0.1) is 5.92 Å². The molecule has 1 fully saturated rings. The van der Waals surface area contributed by atoms with Gasteiger partial charge in [-0.15, -0.1) is 0 Å². The van der Waals surface area contributed by atoms with Crippen molar-refractivity contribution in [2.45, 2.75) is 25.7 Å². The highest BCUT2D eigenvalue weighted by Gasteiger charge is 2.23. The van der Waals surface area contributed by atoms with Gasteiger partial charge in [-0.1, -0.05) is 30.3 Å². The van der Waals surface area contributed by atoms with Gasteiger partial charge in [0.25, 0.3) is 0 Å². The molecule has 15 heavy (non-hydrogen) atoms. The molecular formula is C13H17NO. The molecule has 0 bridgehead atoms. The molecule has 0 saturated carbocycles. The summed E-state index contributed by atoms with van der Waals surface area (Å²) in [6.07, 6.45) is 2.32. The summed E-state index contributed by atoms with van der Waals surface area (Å²) >= 11 is 0. The van der Waals surface area contributed by atoms with Crippen LogP contribution in [0.15, 0.2) is 30.3 Å². The van der Waals surface area contributed by atoms with E-state index in [1.54, 1.807) is 0 Å². The molecule has 0 N–H and O–H groups in total. The first-order valence-electron chi connectivity index (χ1n) is 5.63. The molecule has 0 aliphatic carbocycles. The zero-order valence-electron chi connectivity index (χ0n) is 9.15. The van der Waals surface area contributed by atoms with Crippen molar-refractivity contribution in [1.82, 2.24) is 4.90 Å². The third kappa shape index (κ3) is 2.20. The van der Waals surface area contributed by atoms with Gasteiger partial charge in [-0.05, 0) is 25.3 Å². The Balaban J connectivity index is 2.07. The van der Waals surface area contributed by atoms with Gasteiger partial charge in [0, 0.05) is 13.1 Å². The highest BCUT2D eigenvalue weighted by atomic mass is 16.1. The molecule has 80 valence electrons. The third-order valence-corrected chi connectivity index (χ3v) is 3.09. The minimum atomic E-state index is 0.00398. The molecular weight excluding hydrogens is 185 g/mol. The molecule has 1 saturated heterocycles. The first-order chi connectivity index (χ1) is 7.29. The fourth-order valence-electron chi connectivity index (χ4n) is 2.10. The van der Waals surface area contributed by atoms with Gasteiger partial charge < -0.3 is 4.90 Å². The van der Waals surface area contributed by atoms with Crippen molar-refractivity contribution in [1.29, 1.82) is 0 Å². The molecule has 2 rings (SSSR count). The van der Waals surface area contributed by atoms with Crippen molar-refractivity contribution in [2.24, 2.45) is 0 Å². The molecule has 2 nitrogen and oxygen atoms in total. The van der Waals surface area contributed by atoms with E-state index in [0.717, 1.165) is 31.5 Å². The Bertz CT molecular complexity index is 328. The van der Waals surface area contributed by atoms with Crippen LogP contribution in [0, 0.1) is 0 Å². The van der Waals surface area contributed by atoms with Crippen molar-refractivity contribution in [3.63, 3.8) is 0 Å². The number of nitrogens with zero attached hydrogens (tertiary/aromatic N) is 1. The second-order valence-electron chi connectivity index (χ2n) is 4.16. The maximum Gasteiger partial charge on any atom is 0.229 e. The minimum absolute atomic E-state index is 0.00398. The average Bonchev–Trinajstić information content (AvgIpc) is 2.82. The quantitative estimate of drug-likeness (QED) is 0.721. The highest BCUT2D eigenvalue weighted by Crippen LogP contribution is 2.20. The van der Waals surface area contributed by atoms with Gasteiger partial charge in [-0.25, -0.2) is 0 Å². The molecule has 1 aliphatic heterocycles. The van der Waals surface area contributed by atoms with Crippen LogP contribution in [0.2, 0.25) is 0 Å². The van der Waals surface area contributed by atoms with Crippen LogP contribution < -0.4 is 0 Å². The van der Waals surface area contributed by atoms with Gasteiger partial charge in [-0.2, -0.15) is 0 Å². The van der Waals surface area contributed by atoms with Gasteiger partial charge in [0.1, 0.15) is 0 Å². The predicted octanol–water partition coefficient (Wildman–Crippen LogP) is 2.41. The summed E-state index contributed by atoms with van der Waals surface area (Å²) < 4.78 is 0. The lowest BCUT2D eigenvalue weighted by Gasteiger charge is -2.20. The number of carbonyl (C=O) groups is 1. The lowest BCUT2D eigenvalue weighted by Crippen LogP contribution is -2.31. The summed E-state index contributed by atoms with van der Waals surface area (Å²) in [6, 6.07) is 10.0. The van der Waals surface area contributed by atoms with E-state index in [1.165, 1.54) is 0 Å². The summed E-state index contributed by atoms with van der Waals surface area (Å²) in [4.78, 5) is 14.1. The van der Waals surface area contributed by atoms with E-state index < -0.39 is 0 Å². The van der Waals surface area contributed by atoms with Gasteiger partial charge in [-0.3, -0.25) is 4.79 Å². The summed E-state index contributed by atoms with van der Waals surface area (Å²) in [5.74, 6) is 0.281. The molecule has 1 atom stereocenters. The molecule has 1 unspecified atom stereocenters. The van der Waals surface area contributed by atoms with Crippen LogP contribution in [-0.2, 0) is 4.79 Å². The van der Waals surface area contributed by atoms with E-state index >= 15 is 0 Å². The normalized spacial score (nSPS) is 17.8. The number of carbonyl (C=O) groups excluding carboxylic acids is 1. The molecule has 1 amide bonds. The smallest absolute Gasteiger partial charge is 0.229 e. The number of benzene rings is 1. The summed E-state index contributed by atoms with van der Waals surface area (Å²) in [7, 11) is 0. The van der Waals surface area contributed by atoms with E-state index in [4.69, 9.17) is 0 Å². The third-order valence-electron chi connectivity index (χ3n) is 3.09. The Hall–Kier alpha value is -1.31. The van der Waals surface area contributed by atoms with E-state index in [0.29, 0.717) is 0 Å². The van der Waals surface area contributed by atoms with Crippen molar-refractivity contribution >= 4 is 5.91 Å². The second kappa shape index (κ2) is 4.47. The topological polar surface area (TPSA) is 20.3 Å². The van der Waals surface area contributed by atoms with Crippen molar-refractivity contribution in [2.75, 3.05) is 13.1 Å². The van der Waals surface area contributed by atoms with E-state index in [9.17, 15) is 4.79 Å². The minimum Gasteiger partial charge on any atom is -0.342 e. The van der Waals surface area contributed by atoms with Crippen LogP contribution in [0.25, 0.3) is 0 Å². The molecule has 1 aromatic rings. The summed E-state index contributed by atoms with van der Waals surface area (Å²) in [6.45, 7) is 3.88. The van der Waals surface area contributed by atoms with Gasteiger partial charge in [0.15, 0.2) is 0 Å². The molecule has 1 heterocycles. The predicted molar refractivity (Wildman–Crippen MR) is 60.7 cm³/mol. The molecule has 1 aromatic carbocycles. The summed E-state index contributed by atoms with van der Waals surface area (Å²) in [5.41, 5.74) is 1.12. The number of rotatable bonds is 2. The molecule has 0 spiro atoms. The lowest BCUT2D eigenvalue weighted by atomic mass is 9.76. The number of likely N-dealkylation sites (tertiary alicyclic amines) is 1. The molecule has 0 radical (unpaired) electrons. The average molecular weight is 202 g/mol. The number of amides is 1. The zero-order chi connectivity index (χ0) is 10.7. The molecule has 0 aromatic heterocycles. The SMILES string of the molecule is CC(c1ccccc1)[11C](=O)N1CCCC1. The fraction of sp³-hybridized carbons (Fsp3) is 0.462. The van der Waals surface area contributed by atoms with Crippen LogP contribution in [0.1, 0.15) is 31.2 Å². The Morgan fingerprint density at radius 1 is 1.20 bits per heavy atom. The van der Waals surface area contributed by atoms with Crippen LogP contribution in [0.5, 0.6) is 0 Å². The van der Waals surface area contributed by atoms with Crippen LogP contribution >= 0.6 is 0 Å². The van der Waals surface area contributed by atoms with Gasteiger partial charge >= 0.3 is 0 Å².